The first-order valence-corrected chi connectivity index (χ1v) is 5.79. The van der Waals surface area contributed by atoms with E-state index in [4.69, 9.17) is 16.7 Å². The Hall–Kier alpha value is -1.94. The van der Waals surface area contributed by atoms with Crippen LogP contribution < -0.4 is 0 Å². The second-order valence-corrected chi connectivity index (χ2v) is 4.29. The van der Waals surface area contributed by atoms with Gasteiger partial charge in [0.1, 0.15) is 0 Å². The van der Waals surface area contributed by atoms with Gasteiger partial charge in [0.25, 0.3) is 6.43 Å². The molecule has 0 saturated heterocycles. The molecule has 0 fully saturated rings. The van der Waals surface area contributed by atoms with Gasteiger partial charge in [0.05, 0.1) is 5.56 Å². The Bertz CT molecular complexity index is 627. The van der Waals surface area contributed by atoms with Crippen molar-refractivity contribution >= 4 is 17.6 Å². The Kier molecular flexibility index (Phi) is 3.81. The van der Waals surface area contributed by atoms with E-state index in [2.05, 4.69) is 0 Å². The molecule has 1 N–H and O–H groups in total. The van der Waals surface area contributed by atoms with Crippen LogP contribution in [0.5, 0.6) is 0 Å². The fourth-order valence-electron chi connectivity index (χ4n) is 1.80. The van der Waals surface area contributed by atoms with Crippen molar-refractivity contribution in [1.82, 2.24) is 0 Å². The van der Waals surface area contributed by atoms with E-state index in [1.54, 1.807) is 24.3 Å². The molecule has 2 nitrogen and oxygen atoms in total. The van der Waals surface area contributed by atoms with E-state index >= 15 is 0 Å². The zero-order valence-electron chi connectivity index (χ0n) is 9.61. The highest BCUT2D eigenvalue weighted by Gasteiger charge is 2.18. The minimum Gasteiger partial charge on any atom is -0.478 e. The fourth-order valence-corrected chi connectivity index (χ4v) is 2.04. The summed E-state index contributed by atoms with van der Waals surface area (Å²) < 4.78 is 26.1. The van der Waals surface area contributed by atoms with Gasteiger partial charge in [-0.15, -0.1) is 0 Å². The Morgan fingerprint density at radius 2 is 1.79 bits per heavy atom. The van der Waals surface area contributed by atoms with Crippen LogP contribution in [0.15, 0.2) is 42.5 Å². The molecule has 2 aromatic rings. The predicted molar refractivity (Wildman–Crippen MR) is 68.8 cm³/mol. The van der Waals surface area contributed by atoms with E-state index in [1.807, 2.05) is 0 Å². The van der Waals surface area contributed by atoms with E-state index in [9.17, 15) is 13.6 Å². The van der Waals surface area contributed by atoms with Crippen LogP contribution in [-0.2, 0) is 0 Å². The summed E-state index contributed by atoms with van der Waals surface area (Å²) in [5, 5.41) is 9.18. The number of carbonyl (C=O) groups is 1. The summed E-state index contributed by atoms with van der Waals surface area (Å²) >= 11 is 5.98. The molecule has 0 aliphatic heterocycles. The molecule has 0 aliphatic rings. The highest BCUT2D eigenvalue weighted by atomic mass is 35.5. The van der Waals surface area contributed by atoms with Crippen molar-refractivity contribution in [2.75, 3.05) is 0 Å². The maximum Gasteiger partial charge on any atom is 0.335 e. The van der Waals surface area contributed by atoms with E-state index in [-0.39, 0.29) is 16.7 Å². The SMILES string of the molecule is O=C(O)c1ccc(-c2ccccc2Cl)c(C(F)F)c1. The number of hydrogen-bond acceptors (Lipinski definition) is 1. The Labute approximate surface area is 113 Å². The van der Waals surface area contributed by atoms with Gasteiger partial charge in [0.15, 0.2) is 0 Å². The third-order valence-electron chi connectivity index (χ3n) is 2.70. The summed E-state index contributed by atoms with van der Waals surface area (Å²) in [5.74, 6) is -1.24. The van der Waals surface area contributed by atoms with Crippen molar-refractivity contribution in [2.45, 2.75) is 6.43 Å². The van der Waals surface area contributed by atoms with Crippen LogP contribution in [0.25, 0.3) is 11.1 Å². The lowest BCUT2D eigenvalue weighted by Crippen LogP contribution is -2.00. The maximum atomic E-state index is 13.1. The highest BCUT2D eigenvalue weighted by Crippen LogP contribution is 2.35. The summed E-state index contributed by atoms with van der Waals surface area (Å²) in [7, 11) is 0. The van der Waals surface area contributed by atoms with Gasteiger partial charge in [0.2, 0.25) is 0 Å². The van der Waals surface area contributed by atoms with Crippen molar-refractivity contribution in [3.63, 3.8) is 0 Å². The number of carboxylic acid groups (broad SMARTS) is 1. The molecular weight excluding hydrogens is 274 g/mol. The first-order chi connectivity index (χ1) is 9.00. The number of rotatable bonds is 3. The summed E-state index contributed by atoms with van der Waals surface area (Å²) in [6.45, 7) is 0. The predicted octanol–water partition coefficient (Wildman–Crippen LogP) is 4.64. The molecule has 0 unspecified atom stereocenters. The summed E-state index contributed by atoms with van der Waals surface area (Å²) in [5.41, 5.74) is 0.182. The molecule has 0 atom stereocenters. The van der Waals surface area contributed by atoms with Crippen LogP contribution in [0.2, 0.25) is 5.02 Å². The van der Waals surface area contributed by atoms with E-state index in [0.29, 0.717) is 10.6 Å². The van der Waals surface area contributed by atoms with E-state index in [1.165, 1.54) is 12.1 Å². The van der Waals surface area contributed by atoms with Gasteiger partial charge in [-0.25, -0.2) is 13.6 Å². The molecule has 5 heteroatoms. The summed E-state index contributed by atoms with van der Waals surface area (Å²) in [4.78, 5) is 10.8. The van der Waals surface area contributed by atoms with Gasteiger partial charge in [-0.3, -0.25) is 0 Å². The average Bonchev–Trinajstić information content (AvgIpc) is 2.38. The molecule has 0 saturated carbocycles. The molecule has 0 heterocycles. The molecule has 0 aliphatic carbocycles. The Morgan fingerprint density at radius 1 is 1.11 bits per heavy atom. The number of alkyl halides is 2. The molecule has 0 spiro atoms. The number of benzene rings is 2. The van der Waals surface area contributed by atoms with Gasteiger partial charge in [0, 0.05) is 16.1 Å². The van der Waals surface area contributed by atoms with Crippen LogP contribution >= 0.6 is 11.6 Å². The Balaban J connectivity index is 2.64. The van der Waals surface area contributed by atoms with Crippen molar-refractivity contribution in [1.29, 1.82) is 0 Å². The molecule has 2 rings (SSSR count). The van der Waals surface area contributed by atoms with Gasteiger partial charge in [-0.05, 0) is 23.8 Å². The minimum atomic E-state index is -2.77. The van der Waals surface area contributed by atoms with E-state index < -0.39 is 12.4 Å². The van der Waals surface area contributed by atoms with Gasteiger partial charge >= 0.3 is 5.97 Å². The van der Waals surface area contributed by atoms with E-state index in [0.717, 1.165) is 6.07 Å². The monoisotopic (exact) mass is 282 g/mol. The molecular formula is C14H9ClF2O2. The first kappa shape index (κ1) is 13.5. The second kappa shape index (κ2) is 5.36. The normalized spacial score (nSPS) is 10.7. The maximum absolute atomic E-state index is 13.1. The summed E-state index contributed by atoms with van der Waals surface area (Å²) in [6.07, 6.45) is -2.77. The third-order valence-corrected chi connectivity index (χ3v) is 3.03. The second-order valence-electron chi connectivity index (χ2n) is 3.89. The topological polar surface area (TPSA) is 37.3 Å². The molecule has 0 bridgehead atoms. The quantitative estimate of drug-likeness (QED) is 0.890. The number of carboxylic acids is 1. The van der Waals surface area contributed by atoms with Crippen molar-refractivity contribution in [2.24, 2.45) is 0 Å². The lowest BCUT2D eigenvalue weighted by Gasteiger charge is -2.11. The zero-order chi connectivity index (χ0) is 14.0. The first-order valence-electron chi connectivity index (χ1n) is 5.41. The van der Waals surface area contributed by atoms with Gasteiger partial charge in [-0.1, -0.05) is 35.9 Å². The van der Waals surface area contributed by atoms with Crippen LogP contribution in [0.1, 0.15) is 22.3 Å². The van der Waals surface area contributed by atoms with Gasteiger partial charge in [-0.2, -0.15) is 0 Å². The fraction of sp³-hybridized carbons (Fsp3) is 0.0714. The van der Waals surface area contributed by atoms with Crippen LogP contribution in [0.4, 0.5) is 8.78 Å². The minimum absolute atomic E-state index is 0.175. The standard InChI is InChI=1S/C14H9ClF2O2/c15-12-4-2-1-3-10(12)9-6-5-8(14(18)19)7-11(9)13(16)17/h1-7,13H,(H,18,19). The number of halogens is 3. The Morgan fingerprint density at radius 3 is 2.37 bits per heavy atom. The largest absolute Gasteiger partial charge is 0.478 e. The number of hydrogen-bond donors (Lipinski definition) is 1. The molecule has 2 aromatic carbocycles. The zero-order valence-corrected chi connectivity index (χ0v) is 10.4. The van der Waals surface area contributed by atoms with Gasteiger partial charge < -0.3 is 5.11 Å². The lowest BCUT2D eigenvalue weighted by molar-refractivity contribution is 0.0696. The average molecular weight is 283 g/mol. The smallest absolute Gasteiger partial charge is 0.335 e. The molecule has 0 radical (unpaired) electrons. The molecule has 19 heavy (non-hydrogen) atoms. The third kappa shape index (κ3) is 2.74. The van der Waals surface area contributed by atoms with Crippen LogP contribution in [0.3, 0.4) is 0 Å². The molecule has 0 amide bonds. The molecule has 98 valence electrons. The van der Waals surface area contributed by atoms with Crippen molar-refractivity contribution < 1.29 is 18.7 Å². The van der Waals surface area contributed by atoms with Crippen molar-refractivity contribution in [3.8, 4) is 11.1 Å². The lowest BCUT2D eigenvalue weighted by atomic mass is 9.97. The molecule has 0 aromatic heterocycles. The highest BCUT2D eigenvalue weighted by molar-refractivity contribution is 6.33. The summed E-state index contributed by atoms with van der Waals surface area (Å²) in [6, 6.07) is 10.2. The van der Waals surface area contributed by atoms with Crippen LogP contribution in [0, 0.1) is 0 Å². The van der Waals surface area contributed by atoms with Crippen LogP contribution in [-0.4, -0.2) is 11.1 Å². The van der Waals surface area contributed by atoms with Crippen molar-refractivity contribution in [3.05, 3.63) is 58.6 Å². The number of aromatic carboxylic acids is 1.